The molecule has 0 aromatic heterocycles. The minimum Gasteiger partial charge on any atom is -0.444 e. The summed E-state index contributed by atoms with van der Waals surface area (Å²) >= 11 is 0. The molecule has 2 rings (SSSR count). The summed E-state index contributed by atoms with van der Waals surface area (Å²) in [4.78, 5) is 62.2. The van der Waals surface area contributed by atoms with Crippen molar-refractivity contribution in [2.75, 3.05) is 13.1 Å². The zero-order valence-corrected chi connectivity index (χ0v) is 18.8. The first-order chi connectivity index (χ1) is 16.0. The Morgan fingerprint density at radius 3 is 1.80 bits per heavy atom. The van der Waals surface area contributed by atoms with Crippen molar-refractivity contribution in [3.05, 3.63) is 41.2 Å². The molecule has 0 saturated heterocycles. The van der Waals surface area contributed by atoms with Crippen LogP contribution in [0.1, 0.15) is 27.7 Å². The Morgan fingerprint density at radius 2 is 1.37 bits per heavy atom. The summed E-state index contributed by atoms with van der Waals surface area (Å²) < 4.78 is 77.8. The monoisotopic (exact) mass is 506 g/mol. The van der Waals surface area contributed by atoms with Gasteiger partial charge in [-0.2, -0.15) is 8.78 Å². The first-order valence-electron chi connectivity index (χ1n) is 9.80. The van der Waals surface area contributed by atoms with Gasteiger partial charge in [-0.25, -0.2) is 22.8 Å². The third kappa shape index (κ3) is 6.19. The number of esters is 1. The summed E-state index contributed by atoms with van der Waals surface area (Å²) in [5.41, 5.74) is -1.08. The number of amides is 3. The molecule has 1 aromatic carbocycles. The molecule has 0 radical (unpaired) electrons. The first-order valence-corrected chi connectivity index (χ1v) is 9.80. The number of ether oxygens (including phenoxy) is 2. The van der Waals surface area contributed by atoms with E-state index >= 15 is 0 Å². The smallest absolute Gasteiger partial charge is 0.410 e. The van der Waals surface area contributed by atoms with E-state index in [1.165, 1.54) is 20.8 Å². The molecule has 3 amide bonds. The number of carbonyl (C=O) groups is 5. The lowest BCUT2D eigenvalue weighted by molar-refractivity contribution is -0.152. The molecule has 1 atom stereocenters. The number of hydrogen-bond donors (Lipinski definition) is 0. The average molecular weight is 506 g/mol. The molecule has 35 heavy (non-hydrogen) atoms. The van der Waals surface area contributed by atoms with Crippen molar-refractivity contribution >= 4 is 29.7 Å². The van der Waals surface area contributed by atoms with Gasteiger partial charge >= 0.3 is 12.1 Å². The van der Waals surface area contributed by atoms with Crippen molar-refractivity contribution in [1.82, 2.24) is 9.80 Å². The van der Waals surface area contributed by atoms with E-state index in [-0.39, 0.29) is 4.90 Å². The molecule has 1 aliphatic heterocycles. The Morgan fingerprint density at radius 1 is 0.914 bits per heavy atom. The quantitative estimate of drug-likeness (QED) is 0.140. The van der Waals surface area contributed by atoms with Crippen LogP contribution in [0.4, 0.5) is 26.7 Å². The predicted molar refractivity (Wildman–Crippen MR) is 105 cm³/mol. The summed E-state index contributed by atoms with van der Waals surface area (Å²) in [5.74, 6) is -19.0. The lowest BCUT2D eigenvalue weighted by atomic mass is 10.2. The molecule has 1 aliphatic rings. The molecule has 9 nitrogen and oxygen atoms in total. The van der Waals surface area contributed by atoms with Gasteiger partial charge in [0.2, 0.25) is 34.8 Å². The van der Waals surface area contributed by atoms with Gasteiger partial charge in [-0.1, -0.05) is 0 Å². The summed E-state index contributed by atoms with van der Waals surface area (Å²) in [6.45, 7) is 3.83. The molecule has 1 unspecified atom stereocenters. The van der Waals surface area contributed by atoms with Gasteiger partial charge in [0.15, 0.2) is 6.04 Å². The van der Waals surface area contributed by atoms with Crippen LogP contribution in [0.15, 0.2) is 12.2 Å². The lowest BCUT2D eigenvalue weighted by Gasteiger charge is -2.31. The van der Waals surface area contributed by atoms with Crippen molar-refractivity contribution in [2.24, 2.45) is 0 Å². The van der Waals surface area contributed by atoms with Gasteiger partial charge in [-0.05, 0) is 27.7 Å². The van der Waals surface area contributed by atoms with Crippen molar-refractivity contribution in [3.63, 3.8) is 0 Å². The van der Waals surface area contributed by atoms with Gasteiger partial charge in [0.1, 0.15) is 11.4 Å². The fourth-order valence-corrected chi connectivity index (χ4v) is 2.83. The van der Waals surface area contributed by atoms with Crippen molar-refractivity contribution in [1.29, 1.82) is 0 Å². The number of imide groups is 1. The summed E-state index contributed by atoms with van der Waals surface area (Å²) in [6, 6.07) is -2.16. The minimum atomic E-state index is -2.51. The third-order valence-corrected chi connectivity index (χ3v) is 4.26. The van der Waals surface area contributed by atoms with E-state index in [4.69, 9.17) is 4.74 Å². The van der Waals surface area contributed by atoms with Crippen molar-refractivity contribution in [3.8, 4) is 5.75 Å². The highest BCUT2D eigenvalue weighted by molar-refractivity contribution is 6.15. The molecule has 0 bridgehead atoms. The summed E-state index contributed by atoms with van der Waals surface area (Å²) in [5, 5.41) is 0. The van der Waals surface area contributed by atoms with E-state index < -0.39 is 89.2 Å². The fraction of sp³-hybridized carbons (Fsp3) is 0.381. The van der Waals surface area contributed by atoms with Crippen LogP contribution in [-0.2, 0) is 23.9 Å². The van der Waals surface area contributed by atoms with Crippen LogP contribution in [-0.4, -0.2) is 64.2 Å². The molecular formula is C21H19F5N2O7. The molecule has 0 aliphatic carbocycles. The molecule has 14 heteroatoms. The lowest BCUT2D eigenvalue weighted by Crippen LogP contribution is -2.55. The fourth-order valence-electron chi connectivity index (χ4n) is 2.83. The van der Waals surface area contributed by atoms with E-state index in [9.17, 15) is 45.9 Å². The number of carbonyl (C=O) groups excluding carboxylic acids is 5. The zero-order chi connectivity index (χ0) is 26.8. The van der Waals surface area contributed by atoms with Crippen LogP contribution >= 0.6 is 0 Å². The number of Topliss-reactive ketones (excluding diaryl/α,β-unsaturated/α-hetero) is 1. The highest BCUT2D eigenvalue weighted by atomic mass is 19.2. The van der Waals surface area contributed by atoms with E-state index in [0.29, 0.717) is 4.90 Å². The van der Waals surface area contributed by atoms with Crippen LogP contribution in [0.5, 0.6) is 5.75 Å². The van der Waals surface area contributed by atoms with Gasteiger partial charge < -0.3 is 9.47 Å². The number of nitrogens with zero attached hydrogens (tertiary/aromatic N) is 2. The van der Waals surface area contributed by atoms with Crippen LogP contribution in [0.2, 0.25) is 0 Å². The molecule has 0 N–H and O–H groups in total. The second-order valence-electron chi connectivity index (χ2n) is 8.28. The molecule has 0 saturated carbocycles. The number of benzene rings is 1. The normalized spacial score (nSPS) is 14.3. The Kier molecular flexibility index (Phi) is 7.98. The summed E-state index contributed by atoms with van der Waals surface area (Å²) in [7, 11) is 0. The maximum absolute atomic E-state index is 14.0. The zero-order valence-electron chi connectivity index (χ0n) is 18.8. The number of rotatable bonds is 7. The Hall–Kier alpha value is -3.84. The highest BCUT2D eigenvalue weighted by Crippen LogP contribution is 2.30. The number of ketones is 1. The Balaban J connectivity index is 2.49. The standard InChI is InChI=1S/C21H19F5N2O7/c1-9(29)7-27(20(33)35-21(2,3)4)8-10(28-11(30)5-6-12(28)31)19(32)34-18-16(25)14(23)13(22)15(24)17(18)26/h5-6,10H,7-8H2,1-4H3. The van der Waals surface area contributed by atoms with Gasteiger partial charge in [0.05, 0.1) is 13.1 Å². The van der Waals surface area contributed by atoms with Crippen LogP contribution < -0.4 is 4.74 Å². The first kappa shape index (κ1) is 27.4. The highest BCUT2D eigenvalue weighted by Gasteiger charge is 2.41. The molecule has 1 aromatic rings. The van der Waals surface area contributed by atoms with E-state index in [0.717, 1.165) is 19.1 Å². The van der Waals surface area contributed by atoms with Gasteiger partial charge in [-0.15, -0.1) is 0 Å². The molecule has 0 fully saturated rings. The van der Waals surface area contributed by atoms with E-state index in [1.807, 2.05) is 0 Å². The molecular weight excluding hydrogens is 487 g/mol. The van der Waals surface area contributed by atoms with E-state index in [2.05, 4.69) is 4.74 Å². The topological polar surface area (TPSA) is 110 Å². The predicted octanol–water partition coefficient (Wildman–Crippen LogP) is 2.41. The Labute approximate surface area is 195 Å². The SMILES string of the molecule is CC(=O)CN(CC(C(=O)Oc1c(F)c(F)c(F)c(F)c1F)N1C(=O)C=CC1=O)C(=O)OC(C)(C)C. The van der Waals surface area contributed by atoms with Crippen LogP contribution in [0.3, 0.4) is 0 Å². The average Bonchev–Trinajstić information content (AvgIpc) is 3.07. The van der Waals surface area contributed by atoms with Gasteiger partial charge in [0, 0.05) is 12.2 Å². The second kappa shape index (κ2) is 10.2. The number of hydrogen-bond acceptors (Lipinski definition) is 7. The molecule has 0 spiro atoms. The molecule has 190 valence electrons. The third-order valence-electron chi connectivity index (χ3n) is 4.26. The maximum atomic E-state index is 14.0. The van der Waals surface area contributed by atoms with Crippen molar-refractivity contribution < 1.29 is 55.4 Å². The minimum absolute atomic E-state index is 0.228. The van der Waals surface area contributed by atoms with Gasteiger partial charge in [0.25, 0.3) is 11.8 Å². The molecule has 1 heterocycles. The number of halogens is 5. The van der Waals surface area contributed by atoms with E-state index in [1.54, 1.807) is 0 Å². The van der Waals surface area contributed by atoms with Crippen LogP contribution in [0, 0.1) is 29.1 Å². The summed E-state index contributed by atoms with van der Waals surface area (Å²) in [6.07, 6.45) is 0.280. The second-order valence-corrected chi connectivity index (χ2v) is 8.28. The van der Waals surface area contributed by atoms with Crippen molar-refractivity contribution in [2.45, 2.75) is 39.3 Å². The largest absolute Gasteiger partial charge is 0.444 e. The van der Waals surface area contributed by atoms with Gasteiger partial charge in [-0.3, -0.25) is 24.2 Å². The van der Waals surface area contributed by atoms with Crippen LogP contribution in [0.25, 0.3) is 0 Å². The maximum Gasteiger partial charge on any atom is 0.410 e. The Bertz CT molecular complexity index is 1080.